The van der Waals surface area contributed by atoms with Gasteiger partial charge in [0.05, 0.1) is 72.7 Å². The van der Waals surface area contributed by atoms with Crippen LogP contribution in [0.3, 0.4) is 0 Å². The summed E-state index contributed by atoms with van der Waals surface area (Å²) in [5, 5.41) is 0. The fourth-order valence-electron chi connectivity index (χ4n) is 3.70. The van der Waals surface area contributed by atoms with Crippen LogP contribution in [0.25, 0.3) is 0 Å². The molecule has 0 amide bonds. The normalized spacial score (nSPS) is 11.3. The van der Waals surface area contributed by atoms with Crippen LogP contribution in [-0.4, -0.2) is 91.9 Å². The van der Waals surface area contributed by atoms with Crippen LogP contribution in [0.4, 0.5) is 0 Å². The maximum atomic E-state index is 11.6. The number of carbonyl (C=O) groups excluding carboxylic acids is 1. The van der Waals surface area contributed by atoms with E-state index < -0.39 is 0 Å². The Balaban J connectivity index is 3.08. The predicted molar refractivity (Wildman–Crippen MR) is 152 cm³/mol. The molecular formula is C30H60O8. The molecule has 0 saturated carbocycles. The van der Waals surface area contributed by atoms with E-state index in [0.29, 0.717) is 85.7 Å². The molecule has 228 valence electrons. The van der Waals surface area contributed by atoms with E-state index in [9.17, 15) is 4.79 Å². The quantitative estimate of drug-likeness (QED) is 0.0716. The maximum Gasteiger partial charge on any atom is 0.305 e. The van der Waals surface area contributed by atoms with Crippen molar-refractivity contribution < 1.29 is 38.0 Å². The maximum absolute atomic E-state index is 11.6. The molecule has 0 aromatic heterocycles. The standard InChI is InChI=1S/C30H60O8/c1-3-5-7-9-10-11-13-15-17-32-18-19-33-20-21-34-22-23-35-24-25-36-26-27-37-28-29-38-30(31)16-14-12-8-6-4-2/h3-29H2,1-2H3. The molecule has 0 rings (SSSR count). The first-order valence-corrected chi connectivity index (χ1v) is 15.4. The monoisotopic (exact) mass is 548 g/mol. The molecule has 0 aliphatic rings. The fourth-order valence-corrected chi connectivity index (χ4v) is 3.70. The molecule has 0 N–H and O–H groups in total. The van der Waals surface area contributed by atoms with Gasteiger partial charge in [0, 0.05) is 13.0 Å². The predicted octanol–water partition coefficient (Wildman–Crippen LogP) is 6.13. The van der Waals surface area contributed by atoms with Crippen LogP contribution < -0.4 is 0 Å². The minimum absolute atomic E-state index is 0.135. The molecule has 0 radical (unpaired) electrons. The largest absolute Gasteiger partial charge is 0.463 e. The van der Waals surface area contributed by atoms with Crippen molar-refractivity contribution in [2.45, 2.75) is 104 Å². The Bertz CT molecular complexity index is 450. The van der Waals surface area contributed by atoms with Crippen LogP contribution in [0.5, 0.6) is 0 Å². The number of carbonyl (C=O) groups is 1. The summed E-state index contributed by atoms with van der Waals surface area (Å²) in [6.07, 6.45) is 16.7. The summed E-state index contributed by atoms with van der Waals surface area (Å²) >= 11 is 0. The Hall–Kier alpha value is -0.770. The lowest BCUT2D eigenvalue weighted by Gasteiger charge is -2.08. The Morgan fingerprint density at radius 2 is 0.684 bits per heavy atom. The summed E-state index contributed by atoms with van der Waals surface area (Å²) in [6.45, 7) is 11.4. The van der Waals surface area contributed by atoms with E-state index in [1.165, 1.54) is 64.2 Å². The van der Waals surface area contributed by atoms with Crippen LogP contribution in [-0.2, 0) is 38.0 Å². The van der Waals surface area contributed by atoms with Gasteiger partial charge in [-0.25, -0.2) is 0 Å². The second-order valence-electron chi connectivity index (χ2n) is 9.53. The SMILES string of the molecule is CCCCCCCCCCOCCOCCOCCOCCOCCOCCOC(=O)CCCCCCC. The molecule has 0 aromatic rings. The van der Waals surface area contributed by atoms with Crippen molar-refractivity contribution in [3.8, 4) is 0 Å². The van der Waals surface area contributed by atoms with E-state index in [2.05, 4.69) is 13.8 Å². The van der Waals surface area contributed by atoms with Crippen LogP contribution >= 0.6 is 0 Å². The summed E-state index contributed by atoms with van der Waals surface area (Å²) in [7, 11) is 0. The Morgan fingerprint density at radius 1 is 0.368 bits per heavy atom. The van der Waals surface area contributed by atoms with Crippen molar-refractivity contribution in [3.05, 3.63) is 0 Å². The van der Waals surface area contributed by atoms with E-state index in [-0.39, 0.29) is 5.97 Å². The van der Waals surface area contributed by atoms with Crippen molar-refractivity contribution in [2.24, 2.45) is 0 Å². The van der Waals surface area contributed by atoms with Gasteiger partial charge < -0.3 is 33.2 Å². The average Bonchev–Trinajstić information content (AvgIpc) is 2.92. The third-order valence-electron chi connectivity index (χ3n) is 5.98. The molecule has 0 saturated heterocycles. The van der Waals surface area contributed by atoms with Gasteiger partial charge in [0.15, 0.2) is 0 Å². The van der Waals surface area contributed by atoms with Gasteiger partial charge in [-0.2, -0.15) is 0 Å². The van der Waals surface area contributed by atoms with Gasteiger partial charge in [0.1, 0.15) is 6.61 Å². The molecule has 0 aliphatic carbocycles. The first-order valence-electron chi connectivity index (χ1n) is 15.4. The summed E-state index contributed by atoms with van der Waals surface area (Å²) in [5.41, 5.74) is 0. The molecule has 38 heavy (non-hydrogen) atoms. The number of hydrogen-bond acceptors (Lipinski definition) is 8. The van der Waals surface area contributed by atoms with Gasteiger partial charge in [0.25, 0.3) is 0 Å². The van der Waals surface area contributed by atoms with Gasteiger partial charge in [-0.3, -0.25) is 4.79 Å². The minimum atomic E-state index is -0.135. The zero-order valence-corrected chi connectivity index (χ0v) is 24.9. The molecular weight excluding hydrogens is 488 g/mol. The van der Waals surface area contributed by atoms with E-state index in [1.807, 2.05) is 0 Å². The molecule has 0 spiro atoms. The number of ether oxygens (including phenoxy) is 7. The number of unbranched alkanes of at least 4 members (excludes halogenated alkanes) is 11. The highest BCUT2D eigenvalue weighted by atomic mass is 16.6. The average molecular weight is 549 g/mol. The highest BCUT2D eigenvalue weighted by Crippen LogP contribution is 2.08. The van der Waals surface area contributed by atoms with Gasteiger partial charge in [-0.15, -0.1) is 0 Å². The topological polar surface area (TPSA) is 81.7 Å². The van der Waals surface area contributed by atoms with Crippen LogP contribution in [0.15, 0.2) is 0 Å². The smallest absolute Gasteiger partial charge is 0.305 e. The highest BCUT2D eigenvalue weighted by Gasteiger charge is 2.02. The molecule has 0 atom stereocenters. The number of rotatable bonds is 33. The zero-order valence-electron chi connectivity index (χ0n) is 24.9. The molecule has 8 heteroatoms. The van der Waals surface area contributed by atoms with E-state index in [4.69, 9.17) is 33.2 Å². The van der Waals surface area contributed by atoms with Crippen molar-refractivity contribution in [3.63, 3.8) is 0 Å². The Morgan fingerprint density at radius 3 is 1.11 bits per heavy atom. The Labute approximate surface area is 233 Å². The van der Waals surface area contributed by atoms with Crippen molar-refractivity contribution in [1.82, 2.24) is 0 Å². The van der Waals surface area contributed by atoms with Crippen LogP contribution in [0, 0.1) is 0 Å². The summed E-state index contributed by atoms with van der Waals surface area (Å²) in [6, 6.07) is 0. The molecule has 0 fully saturated rings. The third kappa shape index (κ3) is 33.3. The molecule has 0 aliphatic heterocycles. The second-order valence-corrected chi connectivity index (χ2v) is 9.53. The molecule has 0 heterocycles. The van der Waals surface area contributed by atoms with Crippen LogP contribution in [0.1, 0.15) is 104 Å². The summed E-state index contributed by atoms with van der Waals surface area (Å²) in [4.78, 5) is 11.6. The lowest BCUT2D eigenvalue weighted by Crippen LogP contribution is -2.15. The van der Waals surface area contributed by atoms with Gasteiger partial charge in [-0.05, 0) is 12.8 Å². The molecule has 8 nitrogen and oxygen atoms in total. The number of esters is 1. The van der Waals surface area contributed by atoms with E-state index >= 15 is 0 Å². The van der Waals surface area contributed by atoms with Crippen molar-refractivity contribution in [1.29, 1.82) is 0 Å². The van der Waals surface area contributed by atoms with E-state index in [0.717, 1.165) is 25.9 Å². The van der Waals surface area contributed by atoms with Crippen molar-refractivity contribution in [2.75, 3.05) is 85.9 Å². The van der Waals surface area contributed by atoms with Gasteiger partial charge >= 0.3 is 5.97 Å². The zero-order chi connectivity index (χ0) is 27.6. The minimum Gasteiger partial charge on any atom is -0.463 e. The van der Waals surface area contributed by atoms with E-state index in [1.54, 1.807) is 0 Å². The summed E-state index contributed by atoms with van der Waals surface area (Å²) in [5.74, 6) is -0.135. The van der Waals surface area contributed by atoms with Gasteiger partial charge in [-0.1, -0.05) is 84.5 Å². The third-order valence-corrected chi connectivity index (χ3v) is 5.98. The van der Waals surface area contributed by atoms with Crippen LogP contribution in [0.2, 0.25) is 0 Å². The lowest BCUT2D eigenvalue weighted by molar-refractivity contribution is -0.145. The number of hydrogen-bond donors (Lipinski definition) is 0. The highest BCUT2D eigenvalue weighted by molar-refractivity contribution is 5.69. The summed E-state index contributed by atoms with van der Waals surface area (Å²) < 4.78 is 38.1. The molecule has 0 bridgehead atoms. The molecule has 0 aromatic carbocycles. The van der Waals surface area contributed by atoms with Crippen molar-refractivity contribution >= 4 is 5.97 Å². The Kier molecular flexibility index (Phi) is 33.6. The fraction of sp³-hybridized carbons (Fsp3) is 0.967. The van der Waals surface area contributed by atoms with Gasteiger partial charge in [0.2, 0.25) is 0 Å². The molecule has 0 unspecified atom stereocenters. The first kappa shape index (κ1) is 37.2. The lowest BCUT2D eigenvalue weighted by atomic mass is 10.1. The first-order chi connectivity index (χ1) is 18.8. The second kappa shape index (κ2) is 34.3.